The number of rotatable bonds is 4. The summed E-state index contributed by atoms with van der Waals surface area (Å²) in [6.07, 6.45) is 9.90. The van der Waals surface area contributed by atoms with E-state index in [-0.39, 0.29) is 22.8 Å². The van der Waals surface area contributed by atoms with Crippen LogP contribution in [-0.4, -0.2) is 55.0 Å². The third-order valence-corrected chi connectivity index (χ3v) is 12.1. The van der Waals surface area contributed by atoms with Crippen molar-refractivity contribution >= 4 is 49.5 Å². The minimum Gasteiger partial charge on any atom is -0.462 e. The van der Waals surface area contributed by atoms with Crippen molar-refractivity contribution in [2.45, 2.75) is 75.0 Å². The van der Waals surface area contributed by atoms with Gasteiger partial charge >= 0.3 is 11.9 Å². The maximum Gasteiger partial charge on any atom is 0.339 e. The molecule has 11 heteroatoms. The summed E-state index contributed by atoms with van der Waals surface area (Å²) in [7, 11) is -1.71. The molecule has 2 aromatic carbocycles. The van der Waals surface area contributed by atoms with Gasteiger partial charge in [0.2, 0.25) is 0 Å². The van der Waals surface area contributed by atoms with Gasteiger partial charge in [0.1, 0.15) is 11.4 Å². The van der Waals surface area contributed by atoms with Gasteiger partial charge in [0, 0.05) is 43.7 Å². The lowest BCUT2D eigenvalue weighted by atomic mass is 9.81. The van der Waals surface area contributed by atoms with Crippen molar-refractivity contribution in [3.05, 3.63) is 117 Å². The topological polar surface area (TPSA) is 113 Å². The van der Waals surface area contributed by atoms with E-state index in [2.05, 4.69) is 77.4 Å². The molecule has 8 nitrogen and oxygen atoms in total. The van der Waals surface area contributed by atoms with Crippen molar-refractivity contribution in [2.75, 3.05) is 24.7 Å². The summed E-state index contributed by atoms with van der Waals surface area (Å²) < 4.78 is 34.8. The second-order valence-corrected chi connectivity index (χ2v) is 17.4. The van der Waals surface area contributed by atoms with Crippen LogP contribution in [0.4, 0.5) is 0 Å². The number of benzene rings is 2. The monoisotopic (exact) mass is 814 g/mol. The van der Waals surface area contributed by atoms with Crippen LogP contribution in [0.25, 0.3) is 0 Å². The molecule has 0 amide bonds. The van der Waals surface area contributed by atoms with Crippen LogP contribution in [0.3, 0.4) is 0 Å². The molecule has 0 radical (unpaired) electrons. The van der Waals surface area contributed by atoms with Crippen molar-refractivity contribution in [3.8, 4) is 24.2 Å². The number of hydrogen-bond donors (Lipinski definition) is 0. The Morgan fingerprint density at radius 1 is 0.736 bits per heavy atom. The van der Waals surface area contributed by atoms with Gasteiger partial charge in [-0.3, -0.25) is 8.42 Å². The molecule has 4 aromatic rings. The Morgan fingerprint density at radius 2 is 1.23 bits per heavy atom. The van der Waals surface area contributed by atoms with E-state index in [1.54, 1.807) is 38.1 Å². The Kier molecular flexibility index (Phi) is 14.5. The van der Waals surface area contributed by atoms with Crippen LogP contribution in [0.2, 0.25) is 0 Å². The second-order valence-electron chi connectivity index (χ2n) is 13.4. The molecule has 2 aliphatic heterocycles. The minimum absolute atomic E-state index is 0.000467. The second kappa shape index (κ2) is 18.6. The molecule has 276 valence electrons. The van der Waals surface area contributed by atoms with Crippen molar-refractivity contribution in [2.24, 2.45) is 0 Å². The lowest BCUT2D eigenvalue weighted by Gasteiger charge is -2.31. The number of nitrogens with zero attached hydrogens (tertiary/aromatic N) is 2. The Morgan fingerprint density at radius 3 is 1.70 bits per heavy atom. The van der Waals surface area contributed by atoms with Crippen LogP contribution in [-0.2, 0) is 41.9 Å². The van der Waals surface area contributed by atoms with Crippen LogP contribution in [0, 0.1) is 24.2 Å². The summed E-state index contributed by atoms with van der Waals surface area (Å²) in [6, 6.07) is 18.5. The number of hydrogen-bond acceptors (Lipinski definition) is 8. The molecule has 0 bridgehead atoms. The van der Waals surface area contributed by atoms with Crippen LogP contribution >= 0.6 is 15.9 Å². The highest BCUT2D eigenvalue weighted by Crippen LogP contribution is 2.38. The highest BCUT2D eigenvalue weighted by molar-refractivity contribution is 9.10. The molecule has 0 spiro atoms. The smallest absolute Gasteiger partial charge is 0.339 e. The van der Waals surface area contributed by atoms with Crippen LogP contribution in [0.1, 0.15) is 103 Å². The van der Waals surface area contributed by atoms with Gasteiger partial charge in [-0.2, -0.15) is 0 Å². The molecular weight excluding hydrogens is 773 g/mol. The maximum atomic E-state index is 12.2. The summed E-state index contributed by atoms with van der Waals surface area (Å²) in [5.74, 6) is 9.23. The van der Waals surface area contributed by atoms with E-state index in [1.807, 2.05) is 30.3 Å². The zero-order valence-corrected chi connectivity index (χ0v) is 34.0. The van der Waals surface area contributed by atoms with Gasteiger partial charge in [-0.1, -0.05) is 55.5 Å². The van der Waals surface area contributed by atoms with Gasteiger partial charge < -0.3 is 9.47 Å². The molecule has 0 N–H and O–H groups in total. The van der Waals surface area contributed by atoms with Gasteiger partial charge in [0.15, 0.2) is 0 Å². The van der Waals surface area contributed by atoms with Gasteiger partial charge in [-0.15, -0.1) is 6.42 Å². The first kappa shape index (κ1) is 41.3. The molecule has 53 heavy (non-hydrogen) atoms. The molecule has 0 fully saturated rings. The van der Waals surface area contributed by atoms with E-state index in [0.717, 1.165) is 44.0 Å². The van der Waals surface area contributed by atoms with Crippen LogP contribution < -0.4 is 0 Å². The zero-order chi connectivity index (χ0) is 38.8. The molecule has 0 saturated heterocycles. The molecule has 2 unspecified atom stereocenters. The highest BCUT2D eigenvalue weighted by Gasteiger charge is 2.32. The highest BCUT2D eigenvalue weighted by atomic mass is 79.9. The maximum absolute atomic E-state index is 12.2. The summed E-state index contributed by atoms with van der Waals surface area (Å²) in [4.78, 5) is 32.8. The van der Waals surface area contributed by atoms with E-state index in [0.29, 0.717) is 41.5 Å². The first-order valence-corrected chi connectivity index (χ1v) is 20.6. The van der Waals surface area contributed by atoms with Crippen molar-refractivity contribution in [1.29, 1.82) is 0 Å². The predicted octanol–water partition coefficient (Wildman–Crippen LogP) is 7.92. The van der Waals surface area contributed by atoms with Gasteiger partial charge in [0.25, 0.3) is 0 Å². The fourth-order valence-electron chi connectivity index (χ4n) is 5.50. The number of ether oxygens (including phenoxy) is 2. The number of terminal acetylenes is 1. The molecule has 6 rings (SSSR count). The van der Waals surface area contributed by atoms with Crippen LogP contribution in [0.5, 0.6) is 0 Å². The minimum atomic E-state index is -0.923. The van der Waals surface area contributed by atoms with Crippen LogP contribution in [0.15, 0.2) is 87.3 Å². The number of fused-ring (bicyclic) bond motifs is 2. The first-order chi connectivity index (χ1) is 25.2. The van der Waals surface area contributed by atoms with Gasteiger partial charge in [-0.05, 0) is 115 Å². The number of pyridine rings is 2. The summed E-state index contributed by atoms with van der Waals surface area (Å²) >= 11 is 3.46. The van der Waals surface area contributed by atoms with Crippen molar-refractivity contribution in [1.82, 2.24) is 9.97 Å². The first-order valence-electron chi connectivity index (χ1n) is 17.2. The fourth-order valence-corrected chi connectivity index (χ4v) is 9.30. The Labute approximate surface area is 326 Å². The van der Waals surface area contributed by atoms with Gasteiger partial charge in [-0.25, -0.2) is 19.6 Å². The molecule has 0 aliphatic carbocycles. The number of aromatic nitrogens is 2. The quantitative estimate of drug-likeness (QED) is 0.151. The summed E-state index contributed by atoms with van der Waals surface area (Å²) in [5.41, 5.74) is 5.29. The molecule has 0 saturated carbocycles. The number of halogens is 1. The van der Waals surface area contributed by atoms with E-state index in [1.165, 1.54) is 18.0 Å². The average Bonchev–Trinajstić information content (AvgIpc) is 3.15. The number of carbonyl (C=O) groups is 2. The summed E-state index contributed by atoms with van der Waals surface area (Å²) in [6.45, 7) is 13.0. The number of esters is 2. The largest absolute Gasteiger partial charge is 0.462 e. The average molecular weight is 816 g/mol. The third kappa shape index (κ3) is 11.1. The lowest BCUT2D eigenvalue weighted by Crippen LogP contribution is -2.27. The SMILES string of the molecule is C#Cc1ccc(C(=O)OCC)cn1.CC1(C)CCS(=O)c2ccc(Br)cc21.CCOC(=O)c1ccc(C#Cc2ccc3c(c2)C(C)(C)CCS3=O)nc1. The third-order valence-electron chi connectivity index (χ3n) is 8.73. The van der Waals surface area contributed by atoms with E-state index in [9.17, 15) is 18.0 Å². The number of carbonyl (C=O) groups excluding carboxylic acids is 2. The van der Waals surface area contributed by atoms with E-state index >= 15 is 0 Å². The normalized spacial score (nSPS) is 17.2. The Balaban J connectivity index is 0.000000196. The summed E-state index contributed by atoms with van der Waals surface area (Å²) in [5, 5.41) is 0. The standard InChI is InChI=1S/C21H21NO3S.C11H13BrOS.C10H9NO2/c1-4-25-20(23)16-7-9-17(22-14-16)8-5-15-6-10-19-18(13-15)21(2,3)11-12-26(19)24;1-11(2)5-6-14(13)10-4-3-8(12)7-9(10)11;1-3-9-6-5-8(7-11-9)10(12)13-4-2/h6-7,9-10,13-14H,4,11-12H2,1-3H3;3-4,7H,5-6H2,1-2H3;1,5-7H,4H2,2H3. The lowest BCUT2D eigenvalue weighted by molar-refractivity contribution is 0.0516. The van der Waals surface area contributed by atoms with E-state index in [4.69, 9.17) is 15.9 Å². The molecular formula is C42H43BrN2O6S2. The van der Waals surface area contributed by atoms with Gasteiger partial charge in [0.05, 0.1) is 45.9 Å². The Hall–Kier alpha value is -4.42. The van der Waals surface area contributed by atoms with Crippen molar-refractivity contribution in [3.63, 3.8) is 0 Å². The van der Waals surface area contributed by atoms with E-state index < -0.39 is 21.6 Å². The molecule has 2 atom stereocenters. The fraction of sp³-hybridized carbons (Fsp3) is 0.333. The molecule has 2 aliphatic rings. The molecule has 4 heterocycles. The Bertz CT molecular complexity index is 2110. The molecule has 2 aromatic heterocycles. The zero-order valence-electron chi connectivity index (χ0n) is 30.8. The predicted molar refractivity (Wildman–Crippen MR) is 213 cm³/mol. The van der Waals surface area contributed by atoms with Crippen molar-refractivity contribution < 1.29 is 27.5 Å².